The van der Waals surface area contributed by atoms with E-state index < -0.39 is 5.82 Å². The summed E-state index contributed by atoms with van der Waals surface area (Å²) in [4.78, 5) is 4.31. The summed E-state index contributed by atoms with van der Waals surface area (Å²) in [5.41, 5.74) is 2.53. The maximum atomic E-state index is 13.1. The predicted octanol–water partition coefficient (Wildman–Crippen LogP) is 3.47. The second-order valence-electron chi connectivity index (χ2n) is 4.45. The Kier molecular flexibility index (Phi) is 2.32. The number of aromatic hydroxyl groups is 1. The summed E-state index contributed by atoms with van der Waals surface area (Å²) in [6, 6.07) is 7.88. The number of phenols is 1. The Morgan fingerprint density at radius 3 is 2.59 bits per heavy atom. The molecule has 2 aromatic rings. The Morgan fingerprint density at radius 2 is 2.00 bits per heavy atom. The Hall–Kier alpha value is -1.90. The fraction of sp³-hybridized carbons (Fsp3) is 0.214. The van der Waals surface area contributed by atoms with E-state index in [1.165, 1.54) is 30.5 Å². The van der Waals surface area contributed by atoms with E-state index in [1.54, 1.807) is 0 Å². The van der Waals surface area contributed by atoms with Gasteiger partial charge < -0.3 is 5.11 Å². The zero-order valence-electron chi connectivity index (χ0n) is 9.23. The fourth-order valence-corrected chi connectivity index (χ4v) is 1.96. The van der Waals surface area contributed by atoms with Gasteiger partial charge in [0.15, 0.2) is 0 Å². The highest BCUT2D eigenvalue weighted by atomic mass is 19.1. The SMILES string of the molecule is Oc1cc(F)cc(-c2ccc(C3CC3)cn2)c1. The molecule has 2 nitrogen and oxygen atoms in total. The van der Waals surface area contributed by atoms with Gasteiger partial charge in [-0.15, -0.1) is 0 Å². The Morgan fingerprint density at radius 1 is 1.18 bits per heavy atom. The molecule has 1 heterocycles. The van der Waals surface area contributed by atoms with E-state index in [0.29, 0.717) is 17.2 Å². The zero-order chi connectivity index (χ0) is 11.8. The first-order valence-corrected chi connectivity index (χ1v) is 5.68. The van der Waals surface area contributed by atoms with E-state index >= 15 is 0 Å². The lowest BCUT2D eigenvalue weighted by Crippen LogP contribution is -1.87. The first-order chi connectivity index (χ1) is 8.22. The van der Waals surface area contributed by atoms with Gasteiger partial charge in [-0.25, -0.2) is 4.39 Å². The topological polar surface area (TPSA) is 33.1 Å². The average molecular weight is 229 g/mol. The molecule has 0 radical (unpaired) electrons. The van der Waals surface area contributed by atoms with Crippen LogP contribution in [0.25, 0.3) is 11.3 Å². The van der Waals surface area contributed by atoms with Crippen LogP contribution in [-0.4, -0.2) is 10.1 Å². The molecule has 1 aromatic carbocycles. The van der Waals surface area contributed by atoms with Crippen molar-refractivity contribution in [2.24, 2.45) is 0 Å². The fourth-order valence-electron chi connectivity index (χ4n) is 1.96. The van der Waals surface area contributed by atoms with Crippen LogP contribution in [0.1, 0.15) is 24.3 Å². The highest BCUT2D eigenvalue weighted by Crippen LogP contribution is 2.40. The minimum Gasteiger partial charge on any atom is -0.508 e. The molecular formula is C14H12FNO. The summed E-state index contributed by atoms with van der Waals surface area (Å²) in [5, 5.41) is 9.34. The van der Waals surface area contributed by atoms with Crippen molar-refractivity contribution in [3.63, 3.8) is 0 Å². The van der Waals surface area contributed by atoms with Crippen molar-refractivity contribution >= 4 is 0 Å². The van der Waals surface area contributed by atoms with E-state index in [0.717, 1.165) is 6.07 Å². The van der Waals surface area contributed by atoms with E-state index in [-0.39, 0.29) is 5.75 Å². The Balaban J connectivity index is 1.96. The summed E-state index contributed by atoms with van der Waals surface area (Å²) in [6.07, 6.45) is 4.32. The number of pyridine rings is 1. The van der Waals surface area contributed by atoms with Gasteiger partial charge in [0, 0.05) is 17.8 Å². The van der Waals surface area contributed by atoms with Gasteiger partial charge in [-0.2, -0.15) is 0 Å². The van der Waals surface area contributed by atoms with Crippen LogP contribution in [-0.2, 0) is 0 Å². The maximum Gasteiger partial charge on any atom is 0.127 e. The number of nitrogens with zero attached hydrogens (tertiary/aromatic N) is 1. The second kappa shape index (κ2) is 3.84. The first kappa shape index (κ1) is 10.3. The van der Waals surface area contributed by atoms with Gasteiger partial charge in [-0.1, -0.05) is 6.07 Å². The maximum absolute atomic E-state index is 13.1. The zero-order valence-corrected chi connectivity index (χ0v) is 9.23. The van der Waals surface area contributed by atoms with Crippen LogP contribution < -0.4 is 0 Å². The minimum atomic E-state index is -0.451. The Labute approximate surface area is 98.8 Å². The lowest BCUT2D eigenvalue weighted by molar-refractivity contribution is 0.469. The van der Waals surface area contributed by atoms with Gasteiger partial charge in [0.05, 0.1) is 5.69 Å². The summed E-state index contributed by atoms with van der Waals surface area (Å²) in [6.45, 7) is 0. The number of aromatic nitrogens is 1. The molecule has 1 aliphatic carbocycles. The monoisotopic (exact) mass is 229 g/mol. The third-order valence-corrected chi connectivity index (χ3v) is 3.01. The van der Waals surface area contributed by atoms with Crippen LogP contribution in [0, 0.1) is 5.82 Å². The van der Waals surface area contributed by atoms with Crippen molar-refractivity contribution in [3.05, 3.63) is 47.9 Å². The number of halogens is 1. The third-order valence-electron chi connectivity index (χ3n) is 3.01. The highest BCUT2D eigenvalue weighted by molar-refractivity contribution is 5.61. The normalized spacial score (nSPS) is 14.9. The number of benzene rings is 1. The van der Waals surface area contributed by atoms with Crippen LogP contribution >= 0.6 is 0 Å². The molecule has 0 bridgehead atoms. The quantitative estimate of drug-likeness (QED) is 0.855. The molecule has 86 valence electrons. The predicted molar refractivity (Wildman–Crippen MR) is 63.3 cm³/mol. The smallest absolute Gasteiger partial charge is 0.127 e. The van der Waals surface area contributed by atoms with E-state index in [4.69, 9.17) is 0 Å². The average Bonchev–Trinajstić information content (AvgIpc) is 3.12. The van der Waals surface area contributed by atoms with Crippen LogP contribution in [0.3, 0.4) is 0 Å². The van der Waals surface area contributed by atoms with Crippen molar-refractivity contribution in [2.75, 3.05) is 0 Å². The standard InChI is InChI=1S/C14H12FNO/c15-12-5-11(6-13(17)7-12)14-4-3-10(8-16-14)9-1-2-9/h3-9,17H,1-2H2. The molecule has 0 saturated heterocycles. The summed E-state index contributed by atoms with van der Waals surface area (Å²) in [7, 11) is 0. The molecule has 0 aliphatic heterocycles. The van der Waals surface area contributed by atoms with Gasteiger partial charge in [0.25, 0.3) is 0 Å². The van der Waals surface area contributed by atoms with Gasteiger partial charge in [-0.05, 0) is 42.5 Å². The summed E-state index contributed by atoms with van der Waals surface area (Å²) in [5.74, 6) is 0.138. The molecule has 1 aromatic heterocycles. The number of hydrogen-bond donors (Lipinski definition) is 1. The van der Waals surface area contributed by atoms with Crippen LogP contribution in [0.4, 0.5) is 4.39 Å². The largest absolute Gasteiger partial charge is 0.508 e. The molecular weight excluding hydrogens is 217 g/mol. The Bertz CT molecular complexity index is 526. The van der Waals surface area contributed by atoms with Crippen molar-refractivity contribution in [3.8, 4) is 17.0 Å². The van der Waals surface area contributed by atoms with Crippen molar-refractivity contribution in [1.82, 2.24) is 4.98 Å². The van der Waals surface area contributed by atoms with E-state index in [2.05, 4.69) is 4.98 Å². The molecule has 0 unspecified atom stereocenters. The molecule has 17 heavy (non-hydrogen) atoms. The molecule has 0 atom stereocenters. The molecule has 3 heteroatoms. The number of phenolic OH excluding ortho intramolecular Hbond substituents is 1. The summed E-state index contributed by atoms with van der Waals surface area (Å²) < 4.78 is 13.1. The van der Waals surface area contributed by atoms with Gasteiger partial charge >= 0.3 is 0 Å². The summed E-state index contributed by atoms with van der Waals surface area (Å²) >= 11 is 0. The van der Waals surface area contributed by atoms with Crippen molar-refractivity contribution < 1.29 is 9.50 Å². The molecule has 1 N–H and O–H groups in total. The lowest BCUT2D eigenvalue weighted by Gasteiger charge is -2.03. The lowest BCUT2D eigenvalue weighted by atomic mass is 10.1. The molecule has 0 spiro atoms. The van der Waals surface area contributed by atoms with Gasteiger partial charge in [-0.3, -0.25) is 4.98 Å². The van der Waals surface area contributed by atoms with Crippen LogP contribution in [0.5, 0.6) is 5.75 Å². The number of hydrogen-bond acceptors (Lipinski definition) is 2. The van der Waals surface area contributed by atoms with E-state index in [1.807, 2.05) is 18.3 Å². The minimum absolute atomic E-state index is 0.0759. The van der Waals surface area contributed by atoms with E-state index in [9.17, 15) is 9.50 Å². The van der Waals surface area contributed by atoms with Crippen molar-refractivity contribution in [2.45, 2.75) is 18.8 Å². The van der Waals surface area contributed by atoms with Crippen molar-refractivity contribution in [1.29, 1.82) is 0 Å². The molecule has 1 fully saturated rings. The number of rotatable bonds is 2. The molecule has 1 aliphatic rings. The van der Waals surface area contributed by atoms with Crippen LogP contribution in [0.2, 0.25) is 0 Å². The first-order valence-electron chi connectivity index (χ1n) is 5.68. The van der Waals surface area contributed by atoms with Crippen LogP contribution in [0.15, 0.2) is 36.5 Å². The van der Waals surface area contributed by atoms with Gasteiger partial charge in [0.1, 0.15) is 11.6 Å². The molecule has 0 amide bonds. The third kappa shape index (κ3) is 2.13. The highest BCUT2D eigenvalue weighted by Gasteiger charge is 2.23. The second-order valence-corrected chi connectivity index (χ2v) is 4.45. The van der Waals surface area contributed by atoms with Gasteiger partial charge in [0.2, 0.25) is 0 Å². The molecule has 1 saturated carbocycles. The molecule has 3 rings (SSSR count).